The molecule has 2 heterocycles. The van der Waals surface area contributed by atoms with Crippen molar-refractivity contribution in [3.63, 3.8) is 0 Å². The van der Waals surface area contributed by atoms with E-state index in [1.54, 1.807) is 0 Å². The molecule has 0 N–H and O–H groups in total. The molecule has 2 aromatic rings. The fourth-order valence-corrected chi connectivity index (χ4v) is 12.7. The van der Waals surface area contributed by atoms with Gasteiger partial charge in [0, 0.05) is 0 Å². The molecule has 32 heavy (non-hydrogen) atoms. The zero-order chi connectivity index (χ0) is 24.0. The Hall–Kier alpha value is -1.49. The topological polar surface area (TPSA) is 18.5 Å². The maximum absolute atomic E-state index is 14.2. The van der Waals surface area contributed by atoms with Gasteiger partial charge in [-0.3, -0.25) is 0 Å². The van der Waals surface area contributed by atoms with Gasteiger partial charge in [0.1, 0.15) is 0 Å². The van der Waals surface area contributed by atoms with Gasteiger partial charge in [0.05, 0.1) is 0 Å². The van der Waals surface area contributed by atoms with Gasteiger partial charge in [-0.05, 0) is 0 Å². The number of hydrogen-bond donors (Lipinski definition) is 0. The fourth-order valence-electron chi connectivity index (χ4n) is 4.39. The fraction of sp³-hybridized carbons (Fsp3) is 0.368. The molecule has 1 atom stereocenters. The molecule has 0 radical (unpaired) electrons. The van der Waals surface area contributed by atoms with Crippen molar-refractivity contribution in [1.29, 1.82) is 0 Å². The Balaban J connectivity index is 2.21. The first-order valence-electron chi connectivity index (χ1n) is 8.92. The summed E-state index contributed by atoms with van der Waals surface area (Å²) >= 11 is 0.314. The average molecular weight is 508 g/mol. The van der Waals surface area contributed by atoms with Crippen molar-refractivity contribution < 1.29 is 48.6 Å². The average Bonchev–Trinajstić information content (AvgIpc) is 3.10. The second kappa shape index (κ2) is 6.34. The van der Waals surface area contributed by atoms with E-state index in [9.17, 15) is 39.5 Å². The van der Waals surface area contributed by atoms with Gasteiger partial charge in [-0.25, -0.2) is 0 Å². The van der Waals surface area contributed by atoms with Gasteiger partial charge in [-0.2, -0.15) is 0 Å². The summed E-state index contributed by atoms with van der Waals surface area (Å²) < 4.78 is 138. The van der Waals surface area contributed by atoms with Crippen molar-refractivity contribution >= 4 is 28.2 Å². The maximum atomic E-state index is 14.2. The minimum atomic E-state index is -6.05. The van der Waals surface area contributed by atoms with E-state index < -0.39 is 57.7 Å². The number of alkyl halides is 9. The van der Waals surface area contributed by atoms with Crippen LogP contribution in [0.1, 0.15) is 18.1 Å². The van der Waals surface area contributed by atoms with Crippen LogP contribution in [0, 0.1) is 0 Å². The number of fused-ring (bicyclic) bond motifs is 4. The normalized spacial score (nSPS) is 26.9. The monoisotopic (exact) mass is 508 g/mol. The molecular formula is C19H14F9O2PS. The molecule has 0 saturated heterocycles. The van der Waals surface area contributed by atoms with Crippen LogP contribution in [0.2, 0.25) is 0 Å². The summed E-state index contributed by atoms with van der Waals surface area (Å²) in [7, 11) is 0. The van der Waals surface area contributed by atoms with Gasteiger partial charge in [-0.15, -0.1) is 0 Å². The number of benzene rings is 2. The minimum absolute atomic E-state index is 0.314. The van der Waals surface area contributed by atoms with Gasteiger partial charge in [0.25, 0.3) is 0 Å². The molecule has 0 aromatic heterocycles. The second-order valence-electron chi connectivity index (χ2n) is 7.49. The molecule has 2 aliphatic heterocycles. The Morgan fingerprint density at radius 1 is 0.688 bits per heavy atom. The van der Waals surface area contributed by atoms with Crippen molar-refractivity contribution in [2.75, 3.05) is 6.26 Å². The molecule has 176 valence electrons. The molecule has 13 heteroatoms. The molecule has 0 bridgehead atoms. The van der Waals surface area contributed by atoms with Crippen LogP contribution in [-0.4, -0.2) is 24.8 Å². The molecular weight excluding hydrogens is 494 g/mol. The number of rotatable bonds is 1. The van der Waals surface area contributed by atoms with Crippen LogP contribution in [0.3, 0.4) is 0 Å². The van der Waals surface area contributed by atoms with Crippen LogP contribution in [0.25, 0.3) is 0 Å². The number of halogens is 9. The summed E-state index contributed by atoms with van der Waals surface area (Å²) in [5.74, 6) is 0. The van der Waals surface area contributed by atoms with Gasteiger partial charge in [0.2, 0.25) is 0 Å². The van der Waals surface area contributed by atoms with E-state index in [0.717, 1.165) is 36.6 Å². The zero-order valence-corrected chi connectivity index (χ0v) is 17.9. The molecule has 2 aliphatic rings. The first-order valence-corrected chi connectivity index (χ1v) is 12.8. The predicted molar refractivity (Wildman–Crippen MR) is 102 cm³/mol. The summed E-state index contributed by atoms with van der Waals surface area (Å²) in [6.45, 7) is 0.580. The van der Waals surface area contributed by atoms with Crippen LogP contribution in [-0.2, 0) is 20.2 Å². The Labute approximate surface area is 179 Å². The molecule has 4 rings (SSSR count). The summed E-state index contributed by atoms with van der Waals surface area (Å²) in [5.41, 5.74) is -9.99. The summed E-state index contributed by atoms with van der Waals surface area (Å²) in [4.78, 5) is 0. The van der Waals surface area contributed by atoms with E-state index in [1.165, 1.54) is 12.1 Å². The van der Waals surface area contributed by atoms with Crippen LogP contribution in [0.15, 0.2) is 48.5 Å². The third-order valence-corrected chi connectivity index (χ3v) is 13.9. The van der Waals surface area contributed by atoms with Crippen LogP contribution >= 0.6 is 17.6 Å². The Kier molecular flexibility index (Phi) is 4.69. The molecule has 0 amide bonds. The summed E-state index contributed by atoms with van der Waals surface area (Å²) in [6, 6.07) is 8.03. The van der Waals surface area contributed by atoms with E-state index in [2.05, 4.69) is 0 Å². The van der Waals surface area contributed by atoms with E-state index >= 15 is 0 Å². The van der Waals surface area contributed by atoms with Crippen LogP contribution in [0.5, 0.6) is 0 Å². The molecule has 0 saturated carbocycles. The van der Waals surface area contributed by atoms with Crippen molar-refractivity contribution in [2.45, 2.75) is 36.7 Å². The zero-order valence-electron chi connectivity index (χ0n) is 16.2. The predicted octanol–water partition coefficient (Wildman–Crippen LogP) is 6.46. The summed E-state index contributed by atoms with van der Waals surface area (Å²) in [5, 5.41) is -1.14. The molecule has 1 spiro atoms. The third kappa shape index (κ3) is 2.47. The Morgan fingerprint density at radius 3 is 1.56 bits per heavy atom. The first kappa shape index (κ1) is 23.7. The quantitative estimate of drug-likeness (QED) is 0.326. The molecule has 0 aliphatic carbocycles. The molecule has 2 nitrogen and oxygen atoms in total. The second-order valence-corrected chi connectivity index (χ2v) is 14.0. The van der Waals surface area contributed by atoms with E-state index in [4.69, 9.17) is 9.05 Å². The molecule has 1 unspecified atom stereocenters. The number of hydrogen-bond acceptors (Lipinski definition) is 3. The molecule has 2 aromatic carbocycles. The SMILES string of the molecule is CSP12(OC(C)(C(F)(F)F)c3ccccc31)OC(C(F)(F)F)(C(F)(F)F)c1ccccc12. The standard InChI is InChI=1S/C19H14F9O2PS/c1-15(17(20,21)22)11-7-3-5-9-13(11)31(29-15,32-2)14-10-6-4-8-12(14)16(30-31,18(23,24)25)19(26,27)28/h3-10H,1-2H3. The van der Waals surface area contributed by atoms with E-state index in [-0.39, 0.29) is 0 Å². The van der Waals surface area contributed by atoms with Crippen molar-refractivity contribution in [3.8, 4) is 0 Å². The van der Waals surface area contributed by atoms with E-state index in [0.29, 0.717) is 24.4 Å². The Morgan fingerprint density at radius 2 is 1.12 bits per heavy atom. The van der Waals surface area contributed by atoms with Crippen molar-refractivity contribution in [2.24, 2.45) is 0 Å². The van der Waals surface area contributed by atoms with Crippen molar-refractivity contribution in [1.82, 2.24) is 0 Å². The van der Waals surface area contributed by atoms with Crippen LogP contribution in [0.4, 0.5) is 39.5 Å². The van der Waals surface area contributed by atoms with Crippen molar-refractivity contribution in [3.05, 3.63) is 59.7 Å². The third-order valence-electron chi connectivity index (χ3n) is 5.85. The van der Waals surface area contributed by atoms with Gasteiger partial charge < -0.3 is 0 Å². The van der Waals surface area contributed by atoms with E-state index in [1.807, 2.05) is 0 Å². The van der Waals surface area contributed by atoms with Gasteiger partial charge in [0.15, 0.2) is 0 Å². The Bertz CT molecular complexity index is 1090. The van der Waals surface area contributed by atoms with Gasteiger partial charge in [-0.1, -0.05) is 0 Å². The first-order chi connectivity index (χ1) is 14.5. The van der Waals surface area contributed by atoms with Crippen LogP contribution < -0.4 is 10.6 Å². The molecule has 0 fully saturated rings. The summed E-state index contributed by atoms with van der Waals surface area (Å²) in [6.07, 6.45) is -21.9. The van der Waals surface area contributed by atoms with Gasteiger partial charge >= 0.3 is 179 Å².